The van der Waals surface area contributed by atoms with Gasteiger partial charge in [0, 0.05) is 10.9 Å². The Labute approximate surface area is 195 Å². The molecule has 0 saturated heterocycles. The Morgan fingerprint density at radius 3 is 2.61 bits per heavy atom. The Hall–Kier alpha value is -3.17. The van der Waals surface area contributed by atoms with Crippen LogP contribution < -0.4 is 10.9 Å². The quantitative estimate of drug-likeness (QED) is 0.378. The van der Waals surface area contributed by atoms with Crippen molar-refractivity contribution in [3.8, 4) is 11.1 Å². The predicted octanol–water partition coefficient (Wildman–Crippen LogP) is 6.05. The SMILES string of the molecule is Cc1ccc(-c2csc3ncn(CC(=O)Nc4cc(C(F)(F)F)ccc4Cl)c(=O)c23)c(C)c1. The number of halogens is 4. The molecule has 0 unspecified atom stereocenters. The van der Waals surface area contributed by atoms with Gasteiger partial charge in [-0.1, -0.05) is 35.4 Å². The van der Waals surface area contributed by atoms with Crippen LogP contribution >= 0.6 is 22.9 Å². The topological polar surface area (TPSA) is 64.0 Å². The Morgan fingerprint density at radius 2 is 1.91 bits per heavy atom. The van der Waals surface area contributed by atoms with Crippen LogP contribution in [0.2, 0.25) is 5.02 Å². The van der Waals surface area contributed by atoms with Gasteiger partial charge in [-0.2, -0.15) is 13.2 Å². The Morgan fingerprint density at radius 1 is 1.15 bits per heavy atom. The number of carbonyl (C=O) groups is 1. The van der Waals surface area contributed by atoms with Crippen molar-refractivity contribution in [1.82, 2.24) is 9.55 Å². The zero-order chi connectivity index (χ0) is 23.9. The highest BCUT2D eigenvalue weighted by molar-refractivity contribution is 7.17. The van der Waals surface area contributed by atoms with E-state index in [0.717, 1.165) is 45.0 Å². The number of nitrogens with one attached hydrogen (secondary N) is 1. The highest BCUT2D eigenvalue weighted by Gasteiger charge is 2.31. The third kappa shape index (κ3) is 4.65. The second-order valence-corrected chi connectivity index (χ2v) is 8.83. The molecular weight excluding hydrogens is 475 g/mol. The molecule has 33 heavy (non-hydrogen) atoms. The molecule has 1 amide bonds. The number of thiophene rings is 1. The van der Waals surface area contributed by atoms with Gasteiger partial charge >= 0.3 is 6.18 Å². The van der Waals surface area contributed by atoms with Gasteiger partial charge < -0.3 is 5.32 Å². The van der Waals surface area contributed by atoms with E-state index >= 15 is 0 Å². The van der Waals surface area contributed by atoms with Gasteiger partial charge in [-0.25, -0.2) is 4.98 Å². The molecule has 2 heterocycles. The molecule has 0 spiro atoms. The summed E-state index contributed by atoms with van der Waals surface area (Å²) in [6.45, 7) is 3.50. The average molecular weight is 492 g/mol. The molecule has 2 aromatic carbocycles. The number of fused-ring (bicyclic) bond motifs is 1. The zero-order valence-corrected chi connectivity index (χ0v) is 19.0. The number of carbonyl (C=O) groups excluding carboxylic acids is 1. The Bertz CT molecular complexity index is 1440. The van der Waals surface area contributed by atoms with Gasteiger partial charge in [0.1, 0.15) is 11.4 Å². The number of amides is 1. The molecule has 0 fully saturated rings. The lowest BCUT2D eigenvalue weighted by Gasteiger charge is -2.12. The summed E-state index contributed by atoms with van der Waals surface area (Å²) >= 11 is 7.26. The van der Waals surface area contributed by atoms with E-state index in [9.17, 15) is 22.8 Å². The molecule has 0 bridgehead atoms. The number of aryl methyl sites for hydroxylation is 2. The van der Waals surface area contributed by atoms with E-state index < -0.39 is 29.8 Å². The number of alkyl halides is 3. The molecule has 0 aliphatic carbocycles. The predicted molar refractivity (Wildman–Crippen MR) is 124 cm³/mol. The van der Waals surface area contributed by atoms with Crippen LogP contribution in [0.5, 0.6) is 0 Å². The summed E-state index contributed by atoms with van der Waals surface area (Å²) in [4.78, 5) is 30.5. The van der Waals surface area contributed by atoms with Crippen LogP contribution in [-0.2, 0) is 17.5 Å². The molecule has 170 valence electrons. The summed E-state index contributed by atoms with van der Waals surface area (Å²) in [5.41, 5.74) is 2.16. The molecule has 2 aromatic heterocycles. The summed E-state index contributed by atoms with van der Waals surface area (Å²) in [7, 11) is 0. The summed E-state index contributed by atoms with van der Waals surface area (Å²) in [5, 5.41) is 4.54. The van der Waals surface area contributed by atoms with E-state index in [1.54, 1.807) is 0 Å². The van der Waals surface area contributed by atoms with Crippen molar-refractivity contribution >= 4 is 44.7 Å². The molecule has 4 aromatic rings. The maximum absolute atomic E-state index is 13.2. The lowest BCUT2D eigenvalue weighted by molar-refractivity contribution is -0.137. The summed E-state index contributed by atoms with van der Waals surface area (Å²) in [6, 6.07) is 8.53. The third-order valence-electron chi connectivity index (χ3n) is 5.11. The van der Waals surface area contributed by atoms with Gasteiger partial charge in [-0.05, 0) is 43.2 Å². The van der Waals surface area contributed by atoms with E-state index in [1.165, 1.54) is 17.7 Å². The summed E-state index contributed by atoms with van der Waals surface area (Å²) < 4.78 is 40.0. The number of hydrogen-bond acceptors (Lipinski definition) is 4. The third-order valence-corrected chi connectivity index (χ3v) is 6.33. The number of rotatable bonds is 4. The normalized spacial score (nSPS) is 11.7. The average Bonchev–Trinajstić information content (AvgIpc) is 3.15. The lowest BCUT2D eigenvalue weighted by atomic mass is 9.99. The number of benzene rings is 2. The fourth-order valence-electron chi connectivity index (χ4n) is 3.54. The monoisotopic (exact) mass is 491 g/mol. The largest absolute Gasteiger partial charge is 0.416 e. The number of anilines is 1. The molecule has 0 saturated carbocycles. The van der Waals surface area contributed by atoms with Crippen LogP contribution in [0.25, 0.3) is 21.3 Å². The molecule has 10 heteroatoms. The lowest BCUT2D eigenvalue weighted by Crippen LogP contribution is -2.28. The molecule has 0 atom stereocenters. The van der Waals surface area contributed by atoms with Crippen LogP contribution in [-0.4, -0.2) is 15.5 Å². The fourth-order valence-corrected chi connectivity index (χ4v) is 4.60. The first-order valence-electron chi connectivity index (χ1n) is 9.75. The first-order chi connectivity index (χ1) is 15.5. The van der Waals surface area contributed by atoms with Crippen LogP contribution in [0.3, 0.4) is 0 Å². The molecule has 0 aliphatic rings. The molecule has 0 aliphatic heterocycles. The molecule has 4 rings (SSSR count). The van der Waals surface area contributed by atoms with E-state index in [0.29, 0.717) is 10.2 Å². The van der Waals surface area contributed by atoms with E-state index in [1.807, 2.05) is 37.4 Å². The first kappa shape index (κ1) is 23.0. The van der Waals surface area contributed by atoms with Gasteiger partial charge in [-0.3, -0.25) is 14.2 Å². The second kappa shape index (κ2) is 8.64. The number of aromatic nitrogens is 2. The first-order valence-corrected chi connectivity index (χ1v) is 11.0. The van der Waals surface area contributed by atoms with E-state index in [4.69, 9.17) is 11.6 Å². The van der Waals surface area contributed by atoms with Gasteiger partial charge in [0.25, 0.3) is 5.56 Å². The van der Waals surface area contributed by atoms with Crippen LogP contribution in [0.15, 0.2) is 52.9 Å². The fraction of sp³-hybridized carbons (Fsp3) is 0.174. The van der Waals surface area contributed by atoms with Crippen molar-refractivity contribution in [3.63, 3.8) is 0 Å². The maximum Gasteiger partial charge on any atom is 0.416 e. The van der Waals surface area contributed by atoms with Crippen LogP contribution in [0.4, 0.5) is 18.9 Å². The van der Waals surface area contributed by atoms with Crippen molar-refractivity contribution < 1.29 is 18.0 Å². The summed E-state index contributed by atoms with van der Waals surface area (Å²) in [6.07, 6.45) is -3.33. The Balaban J connectivity index is 1.66. The smallest absolute Gasteiger partial charge is 0.323 e. The number of nitrogens with zero attached hydrogens (tertiary/aromatic N) is 2. The highest BCUT2D eigenvalue weighted by atomic mass is 35.5. The standard InChI is InChI=1S/C23H17ClF3N3O2S/c1-12-3-5-15(13(2)7-12)16-10-33-21-20(16)22(32)30(11-28-21)9-19(31)29-18-8-14(23(25,26)27)4-6-17(18)24/h3-8,10-11H,9H2,1-2H3,(H,29,31). The minimum atomic E-state index is -4.58. The molecular formula is C23H17ClF3N3O2S. The minimum Gasteiger partial charge on any atom is -0.323 e. The van der Waals surface area contributed by atoms with Gasteiger partial charge in [0.2, 0.25) is 5.91 Å². The maximum atomic E-state index is 13.2. The van der Waals surface area contributed by atoms with Crippen LogP contribution in [0, 0.1) is 13.8 Å². The molecule has 5 nitrogen and oxygen atoms in total. The van der Waals surface area contributed by atoms with Crippen molar-refractivity contribution in [2.45, 2.75) is 26.6 Å². The highest BCUT2D eigenvalue weighted by Crippen LogP contribution is 2.34. The van der Waals surface area contributed by atoms with Gasteiger partial charge in [-0.15, -0.1) is 11.3 Å². The second-order valence-electron chi connectivity index (χ2n) is 7.57. The van der Waals surface area contributed by atoms with Crippen molar-refractivity contribution in [3.05, 3.63) is 80.2 Å². The van der Waals surface area contributed by atoms with E-state index in [2.05, 4.69) is 10.3 Å². The minimum absolute atomic E-state index is 0.0489. The van der Waals surface area contributed by atoms with Crippen LogP contribution in [0.1, 0.15) is 16.7 Å². The van der Waals surface area contributed by atoms with Crippen molar-refractivity contribution in [1.29, 1.82) is 0 Å². The van der Waals surface area contributed by atoms with Crippen molar-refractivity contribution in [2.24, 2.45) is 0 Å². The number of hydrogen-bond donors (Lipinski definition) is 1. The molecule has 1 N–H and O–H groups in total. The van der Waals surface area contributed by atoms with E-state index in [-0.39, 0.29) is 10.7 Å². The molecule has 0 radical (unpaired) electrons. The van der Waals surface area contributed by atoms with Crippen molar-refractivity contribution in [2.75, 3.05) is 5.32 Å². The summed E-state index contributed by atoms with van der Waals surface area (Å²) in [5.74, 6) is -0.706. The Kier molecular flexibility index (Phi) is 6.02. The van der Waals surface area contributed by atoms with Gasteiger partial charge in [0.05, 0.1) is 28.0 Å². The zero-order valence-electron chi connectivity index (χ0n) is 17.5. The van der Waals surface area contributed by atoms with Gasteiger partial charge in [0.15, 0.2) is 0 Å².